The van der Waals surface area contributed by atoms with Crippen LogP contribution in [0.15, 0.2) is 36.4 Å². The van der Waals surface area contributed by atoms with Gasteiger partial charge in [0, 0.05) is 24.2 Å². The number of benzene rings is 1. The lowest BCUT2D eigenvalue weighted by atomic mass is 10.2. The predicted molar refractivity (Wildman–Crippen MR) is 141 cm³/mol. The molecule has 1 aliphatic rings. The summed E-state index contributed by atoms with van der Waals surface area (Å²) in [6.07, 6.45) is 2.36. The first kappa shape index (κ1) is 24.4. The SMILES string of the molecule is CCOc1cccc(-c2nc3nc(Cl)c(NSN(C)C4CC4)nc3n2-c2c(OC)cccc2OC)n1. The molecule has 5 rings (SSSR count). The number of nitrogens with zero attached hydrogens (tertiary/aromatic N) is 6. The highest BCUT2D eigenvalue weighted by molar-refractivity contribution is 7.98. The number of methoxy groups -OCH3 is 2. The Morgan fingerprint density at radius 1 is 1.06 bits per heavy atom. The Labute approximate surface area is 218 Å². The van der Waals surface area contributed by atoms with Crippen molar-refractivity contribution >= 4 is 40.8 Å². The summed E-state index contributed by atoms with van der Waals surface area (Å²) in [4.78, 5) is 18.8. The molecule has 0 spiro atoms. The quantitative estimate of drug-likeness (QED) is 0.283. The largest absolute Gasteiger partial charge is 0.494 e. The third-order valence-corrected chi connectivity index (χ3v) is 6.80. The van der Waals surface area contributed by atoms with E-state index in [-0.39, 0.29) is 5.15 Å². The molecule has 3 aromatic heterocycles. The summed E-state index contributed by atoms with van der Waals surface area (Å²) in [7, 11) is 5.24. The fourth-order valence-electron chi connectivity index (χ4n) is 3.77. The molecule has 1 aromatic carbocycles. The Morgan fingerprint density at radius 2 is 1.78 bits per heavy atom. The smallest absolute Gasteiger partial charge is 0.213 e. The highest BCUT2D eigenvalue weighted by Crippen LogP contribution is 2.39. The monoisotopic (exact) mass is 527 g/mol. The molecule has 1 aliphatic carbocycles. The average molecular weight is 528 g/mol. The number of aromatic nitrogens is 5. The lowest BCUT2D eigenvalue weighted by Crippen LogP contribution is -2.14. The van der Waals surface area contributed by atoms with E-state index in [1.807, 2.05) is 48.9 Å². The minimum Gasteiger partial charge on any atom is -0.494 e. The Bertz CT molecular complexity index is 1370. The Morgan fingerprint density at radius 3 is 2.44 bits per heavy atom. The van der Waals surface area contributed by atoms with Crippen molar-refractivity contribution in [1.82, 2.24) is 28.8 Å². The maximum atomic E-state index is 6.52. The second-order valence-corrected chi connectivity index (χ2v) is 9.38. The van der Waals surface area contributed by atoms with Crippen LogP contribution in [-0.4, -0.2) is 62.7 Å². The number of rotatable bonds is 10. The number of anilines is 1. The van der Waals surface area contributed by atoms with Crippen LogP contribution in [0.2, 0.25) is 5.15 Å². The number of fused-ring (bicyclic) bond motifs is 1. The van der Waals surface area contributed by atoms with Crippen LogP contribution in [0.3, 0.4) is 0 Å². The van der Waals surface area contributed by atoms with Gasteiger partial charge < -0.3 is 14.2 Å². The van der Waals surface area contributed by atoms with Gasteiger partial charge in [-0.2, -0.15) is 0 Å². The van der Waals surface area contributed by atoms with Crippen LogP contribution in [-0.2, 0) is 0 Å². The molecule has 1 saturated carbocycles. The van der Waals surface area contributed by atoms with Gasteiger partial charge >= 0.3 is 0 Å². The highest BCUT2D eigenvalue weighted by Gasteiger charge is 2.28. The standard InChI is InChI=1S/C24H26ClN7O3S/c1-5-35-18-11-6-8-15(26-18)23-29-22-24(32(23)19-16(33-3)9-7-10-17(19)34-4)28-21(20(25)27-22)30-36-31(2)14-12-13-14/h6-11,14H,5,12-13H2,1-4H3,(H,28,30). The zero-order valence-electron chi connectivity index (χ0n) is 20.4. The summed E-state index contributed by atoms with van der Waals surface area (Å²) in [5, 5.41) is 0.221. The zero-order valence-corrected chi connectivity index (χ0v) is 21.9. The maximum absolute atomic E-state index is 6.52. The van der Waals surface area contributed by atoms with E-state index >= 15 is 0 Å². The van der Waals surface area contributed by atoms with E-state index < -0.39 is 0 Å². The molecule has 4 aromatic rings. The van der Waals surface area contributed by atoms with E-state index in [0.717, 1.165) is 0 Å². The molecule has 188 valence electrons. The molecule has 1 fully saturated rings. The molecule has 0 aliphatic heterocycles. The van der Waals surface area contributed by atoms with Gasteiger partial charge in [-0.25, -0.2) is 24.2 Å². The average Bonchev–Trinajstić information content (AvgIpc) is 3.68. The molecule has 10 nitrogen and oxygen atoms in total. The summed E-state index contributed by atoms with van der Waals surface area (Å²) < 4.78 is 24.3. The Hall–Kier alpha value is -3.28. The van der Waals surface area contributed by atoms with E-state index in [9.17, 15) is 0 Å². The number of imidazole rings is 1. The third kappa shape index (κ3) is 4.73. The first-order valence-corrected chi connectivity index (χ1v) is 12.6. The molecular weight excluding hydrogens is 502 g/mol. The first-order chi connectivity index (χ1) is 17.5. The summed E-state index contributed by atoms with van der Waals surface area (Å²) in [5.74, 6) is 2.56. The molecule has 0 amide bonds. The van der Waals surface area contributed by atoms with Crippen molar-refractivity contribution in [2.24, 2.45) is 0 Å². The van der Waals surface area contributed by atoms with Crippen molar-refractivity contribution in [2.45, 2.75) is 25.8 Å². The van der Waals surface area contributed by atoms with Crippen molar-refractivity contribution in [3.63, 3.8) is 0 Å². The fraction of sp³-hybridized carbons (Fsp3) is 0.333. The molecule has 0 atom stereocenters. The second-order valence-electron chi connectivity index (χ2n) is 8.06. The minimum absolute atomic E-state index is 0.221. The van der Waals surface area contributed by atoms with Gasteiger partial charge in [-0.15, -0.1) is 0 Å². The van der Waals surface area contributed by atoms with Crippen LogP contribution in [0.4, 0.5) is 5.82 Å². The summed E-state index contributed by atoms with van der Waals surface area (Å²) >= 11 is 7.96. The normalized spacial score (nSPS) is 13.3. The number of para-hydroxylation sites is 1. The van der Waals surface area contributed by atoms with Crippen LogP contribution in [0.1, 0.15) is 19.8 Å². The Kier molecular flexibility index (Phi) is 7.04. The Balaban J connectivity index is 1.72. The summed E-state index contributed by atoms with van der Waals surface area (Å²) in [6, 6.07) is 11.6. The van der Waals surface area contributed by atoms with Crippen molar-refractivity contribution < 1.29 is 14.2 Å². The van der Waals surface area contributed by atoms with E-state index in [0.29, 0.717) is 64.3 Å². The first-order valence-electron chi connectivity index (χ1n) is 11.5. The summed E-state index contributed by atoms with van der Waals surface area (Å²) in [5.41, 5.74) is 2.02. The highest BCUT2D eigenvalue weighted by atomic mass is 35.5. The topological polar surface area (TPSA) is 99.5 Å². The zero-order chi connectivity index (χ0) is 25.2. The van der Waals surface area contributed by atoms with E-state index in [1.165, 1.54) is 25.0 Å². The van der Waals surface area contributed by atoms with Gasteiger partial charge in [-0.1, -0.05) is 23.7 Å². The third-order valence-electron chi connectivity index (χ3n) is 5.67. The van der Waals surface area contributed by atoms with Crippen LogP contribution in [0.5, 0.6) is 17.4 Å². The molecule has 0 saturated heterocycles. The van der Waals surface area contributed by atoms with Crippen molar-refractivity contribution in [1.29, 1.82) is 0 Å². The second kappa shape index (κ2) is 10.4. The van der Waals surface area contributed by atoms with Gasteiger partial charge in [-0.05, 0) is 45.0 Å². The molecule has 0 unspecified atom stereocenters. The molecule has 12 heteroatoms. The number of nitrogens with one attached hydrogen (secondary N) is 1. The number of hydrogen-bond donors (Lipinski definition) is 1. The van der Waals surface area contributed by atoms with E-state index in [1.54, 1.807) is 20.3 Å². The number of ether oxygens (including phenoxy) is 3. The van der Waals surface area contributed by atoms with Crippen LogP contribution >= 0.6 is 23.7 Å². The molecule has 0 radical (unpaired) electrons. The van der Waals surface area contributed by atoms with E-state index in [2.05, 4.69) is 19.0 Å². The summed E-state index contributed by atoms with van der Waals surface area (Å²) in [6.45, 7) is 2.40. The van der Waals surface area contributed by atoms with Gasteiger partial charge in [0.25, 0.3) is 0 Å². The molecule has 0 bridgehead atoms. The lowest BCUT2D eigenvalue weighted by molar-refractivity contribution is 0.327. The van der Waals surface area contributed by atoms with Crippen LogP contribution < -0.4 is 18.9 Å². The fourth-order valence-corrected chi connectivity index (χ4v) is 4.73. The van der Waals surface area contributed by atoms with Crippen LogP contribution in [0.25, 0.3) is 28.5 Å². The molecule has 3 heterocycles. The van der Waals surface area contributed by atoms with Gasteiger partial charge in [-0.3, -0.25) is 9.29 Å². The van der Waals surface area contributed by atoms with Crippen LogP contribution in [0, 0.1) is 0 Å². The molecule has 36 heavy (non-hydrogen) atoms. The van der Waals surface area contributed by atoms with Crippen molar-refractivity contribution in [2.75, 3.05) is 32.6 Å². The van der Waals surface area contributed by atoms with E-state index in [4.69, 9.17) is 35.8 Å². The van der Waals surface area contributed by atoms with Crippen molar-refractivity contribution in [3.05, 3.63) is 41.6 Å². The minimum atomic E-state index is 0.221. The van der Waals surface area contributed by atoms with Crippen molar-refractivity contribution in [3.8, 4) is 34.6 Å². The van der Waals surface area contributed by atoms with Gasteiger partial charge in [0.2, 0.25) is 5.88 Å². The van der Waals surface area contributed by atoms with Gasteiger partial charge in [0.1, 0.15) is 22.9 Å². The predicted octanol–water partition coefficient (Wildman–Crippen LogP) is 5.02. The number of pyridine rings is 1. The number of halogens is 1. The van der Waals surface area contributed by atoms with Gasteiger partial charge in [0.05, 0.1) is 20.8 Å². The maximum Gasteiger partial charge on any atom is 0.213 e. The number of hydrogen-bond acceptors (Lipinski definition) is 10. The van der Waals surface area contributed by atoms with Gasteiger partial charge in [0.15, 0.2) is 28.1 Å². The lowest BCUT2D eigenvalue weighted by Gasteiger charge is -2.17. The molecular formula is C24H26ClN7O3S. The molecule has 1 N–H and O–H groups in total.